The van der Waals surface area contributed by atoms with Crippen molar-refractivity contribution in [3.63, 3.8) is 0 Å². The van der Waals surface area contributed by atoms with E-state index in [-0.39, 0.29) is 0 Å². The van der Waals surface area contributed by atoms with Crippen molar-refractivity contribution in [2.45, 2.75) is 6.04 Å². The van der Waals surface area contributed by atoms with E-state index < -0.39 is 6.04 Å². The molecule has 0 saturated heterocycles. The van der Waals surface area contributed by atoms with Gasteiger partial charge in [0.1, 0.15) is 5.82 Å². The van der Waals surface area contributed by atoms with Crippen molar-refractivity contribution in [3.05, 3.63) is 47.8 Å². The van der Waals surface area contributed by atoms with Gasteiger partial charge in [-0.1, -0.05) is 12.1 Å². The molecule has 0 aliphatic carbocycles. The van der Waals surface area contributed by atoms with Crippen LogP contribution in [-0.2, 0) is 7.05 Å². The minimum absolute atomic E-state index is 0.420. The number of fused-ring (bicyclic) bond motifs is 1. The molecular weight excluding hydrogens is 306 g/mol. The molecule has 126 valence electrons. The fourth-order valence-electron chi connectivity index (χ4n) is 2.87. The summed E-state index contributed by atoms with van der Waals surface area (Å²) in [5.41, 5.74) is 9.27. The monoisotopic (exact) mass is 327 g/mol. The van der Waals surface area contributed by atoms with Crippen LogP contribution in [-0.4, -0.2) is 30.9 Å². The number of benzene rings is 2. The Morgan fingerprint density at radius 2 is 1.62 bits per heavy atom. The quantitative estimate of drug-likeness (QED) is 0.780. The summed E-state index contributed by atoms with van der Waals surface area (Å²) in [5.74, 6) is 2.45. The standard InChI is InChI=1S/C18H21N3O3/c1-21-13-8-6-5-7-12(13)20-18(21)16(19)11-9-14(22-2)17(24-4)15(10-11)23-3/h5-10,16H,19H2,1-4H3. The van der Waals surface area contributed by atoms with Gasteiger partial charge in [-0.2, -0.15) is 0 Å². The number of aryl methyl sites for hydroxylation is 1. The molecule has 1 unspecified atom stereocenters. The molecule has 0 radical (unpaired) electrons. The Labute approximate surface area is 140 Å². The molecule has 0 aliphatic rings. The van der Waals surface area contributed by atoms with E-state index in [1.165, 1.54) is 0 Å². The fraction of sp³-hybridized carbons (Fsp3) is 0.278. The number of imidazole rings is 1. The largest absolute Gasteiger partial charge is 0.493 e. The van der Waals surface area contributed by atoms with E-state index in [1.54, 1.807) is 21.3 Å². The first-order valence-electron chi connectivity index (χ1n) is 7.57. The van der Waals surface area contributed by atoms with E-state index in [0.717, 1.165) is 22.4 Å². The Morgan fingerprint density at radius 1 is 1.00 bits per heavy atom. The molecular formula is C18H21N3O3. The molecule has 1 atom stereocenters. The van der Waals surface area contributed by atoms with Crippen LogP contribution in [0.25, 0.3) is 11.0 Å². The number of hydrogen-bond donors (Lipinski definition) is 1. The van der Waals surface area contributed by atoms with Gasteiger partial charge in [0.15, 0.2) is 11.5 Å². The number of ether oxygens (including phenoxy) is 3. The fourth-order valence-corrected chi connectivity index (χ4v) is 2.87. The van der Waals surface area contributed by atoms with E-state index >= 15 is 0 Å². The first kappa shape index (κ1) is 16.1. The average molecular weight is 327 g/mol. The minimum Gasteiger partial charge on any atom is -0.493 e. The second-order valence-electron chi connectivity index (χ2n) is 5.45. The molecule has 0 spiro atoms. The van der Waals surface area contributed by atoms with Crippen molar-refractivity contribution in [3.8, 4) is 17.2 Å². The van der Waals surface area contributed by atoms with Crippen LogP contribution >= 0.6 is 0 Å². The van der Waals surface area contributed by atoms with Crippen molar-refractivity contribution in [2.75, 3.05) is 21.3 Å². The van der Waals surface area contributed by atoms with E-state index in [0.29, 0.717) is 17.2 Å². The molecule has 0 fully saturated rings. The molecule has 0 saturated carbocycles. The lowest BCUT2D eigenvalue weighted by molar-refractivity contribution is 0.323. The Hall–Kier alpha value is -2.73. The first-order valence-corrected chi connectivity index (χ1v) is 7.57. The van der Waals surface area contributed by atoms with Crippen LogP contribution in [0.1, 0.15) is 17.4 Å². The maximum absolute atomic E-state index is 6.48. The zero-order valence-electron chi connectivity index (χ0n) is 14.2. The topological polar surface area (TPSA) is 71.5 Å². The predicted molar refractivity (Wildman–Crippen MR) is 92.8 cm³/mol. The summed E-state index contributed by atoms with van der Waals surface area (Å²) < 4.78 is 18.2. The third-order valence-corrected chi connectivity index (χ3v) is 4.15. The number of aromatic nitrogens is 2. The molecule has 0 aliphatic heterocycles. The van der Waals surface area contributed by atoms with Crippen molar-refractivity contribution in [1.29, 1.82) is 0 Å². The summed E-state index contributed by atoms with van der Waals surface area (Å²) in [6.45, 7) is 0. The maximum atomic E-state index is 6.48. The predicted octanol–water partition coefficient (Wildman–Crippen LogP) is 2.65. The molecule has 2 aromatic carbocycles. The van der Waals surface area contributed by atoms with Gasteiger partial charge in [0.05, 0.1) is 38.4 Å². The van der Waals surface area contributed by atoms with Crippen LogP contribution in [0.5, 0.6) is 17.2 Å². The second-order valence-corrected chi connectivity index (χ2v) is 5.45. The molecule has 1 aromatic heterocycles. The highest BCUT2D eigenvalue weighted by atomic mass is 16.5. The molecule has 3 rings (SSSR count). The van der Waals surface area contributed by atoms with Gasteiger partial charge < -0.3 is 24.5 Å². The number of nitrogens with two attached hydrogens (primary N) is 1. The lowest BCUT2D eigenvalue weighted by Gasteiger charge is -2.17. The number of hydrogen-bond acceptors (Lipinski definition) is 5. The van der Waals surface area contributed by atoms with Gasteiger partial charge in [0.2, 0.25) is 5.75 Å². The molecule has 6 heteroatoms. The molecule has 6 nitrogen and oxygen atoms in total. The summed E-state index contributed by atoms with van der Waals surface area (Å²) in [6.07, 6.45) is 0. The van der Waals surface area contributed by atoms with Gasteiger partial charge in [-0.3, -0.25) is 0 Å². The van der Waals surface area contributed by atoms with Gasteiger partial charge in [0.25, 0.3) is 0 Å². The highest BCUT2D eigenvalue weighted by Gasteiger charge is 2.21. The van der Waals surface area contributed by atoms with Crippen LogP contribution in [0.3, 0.4) is 0 Å². The lowest BCUT2D eigenvalue weighted by Crippen LogP contribution is -2.17. The van der Waals surface area contributed by atoms with Crippen LogP contribution < -0.4 is 19.9 Å². The van der Waals surface area contributed by atoms with Crippen LogP contribution in [0.4, 0.5) is 0 Å². The lowest BCUT2D eigenvalue weighted by atomic mass is 10.1. The zero-order chi connectivity index (χ0) is 17.3. The van der Waals surface area contributed by atoms with Crippen molar-refractivity contribution < 1.29 is 14.2 Å². The molecule has 0 amide bonds. The van der Waals surface area contributed by atoms with Gasteiger partial charge in [-0.15, -0.1) is 0 Å². The smallest absolute Gasteiger partial charge is 0.203 e. The van der Waals surface area contributed by atoms with E-state index in [2.05, 4.69) is 4.98 Å². The SMILES string of the molecule is COc1cc(C(N)c2nc3ccccc3n2C)cc(OC)c1OC. The Kier molecular flexibility index (Phi) is 4.31. The summed E-state index contributed by atoms with van der Waals surface area (Å²) in [5, 5.41) is 0. The molecule has 0 bridgehead atoms. The molecule has 24 heavy (non-hydrogen) atoms. The van der Waals surface area contributed by atoms with E-state index in [9.17, 15) is 0 Å². The van der Waals surface area contributed by atoms with Crippen LogP contribution in [0, 0.1) is 0 Å². The highest BCUT2D eigenvalue weighted by Crippen LogP contribution is 2.40. The van der Waals surface area contributed by atoms with Gasteiger partial charge >= 0.3 is 0 Å². The number of methoxy groups -OCH3 is 3. The summed E-state index contributed by atoms with van der Waals surface area (Å²) in [6, 6.07) is 11.2. The average Bonchev–Trinajstić information content (AvgIpc) is 2.96. The number of nitrogens with zero attached hydrogens (tertiary/aromatic N) is 2. The zero-order valence-corrected chi connectivity index (χ0v) is 14.2. The highest BCUT2D eigenvalue weighted by molar-refractivity contribution is 5.76. The molecule has 1 heterocycles. The summed E-state index contributed by atoms with van der Waals surface area (Å²) in [7, 11) is 6.71. The summed E-state index contributed by atoms with van der Waals surface area (Å²) in [4.78, 5) is 4.67. The normalized spacial score (nSPS) is 12.2. The van der Waals surface area contributed by atoms with Crippen LogP contribution in [0.2, 0.25) is 0 Å². The third kappa shape index (κ3) is 2.55. The second kappa shape index (κ2) is 6.41. The van der Waals surface area contributed by atoms with E-state index in [4.69, 9.17) is 19.9 Å². The van der Waals surface area contributed by atoms with Crippen molar-refractivity contribution in [2.24, 2.45) is 12.8 Å². The van der Waals surface area contributed by atoms with Gasteiger partial charge in [-0.25, -0.2) is 4.98 Å². The third-order valence-electron chi connectivity index (χ3n) is 4.15. The van der Waals surface area contributed by atoms with Gasteiger partial charge in [-0.05, 0) is 29.8 Å². The first-order chi connectivity index (χ1) is 11.6. The van der Waals surface area contributed by atoms with Crippen LogP contribution in [0.15, 0.2) is 36.4 Å². The van der Waals surface area contributed by atoms with E-state index in [1.807, 2.05) is 48.0 Å². The summed E-state index contributed by atoms with van der Waals surface area (Å²) >= 11 is 0. The molecule has 2 N–H and O–H groups in total. The minimum atomic E-state index is -0.420. The maximum Gasteiger partial charge on any atom is 0.203 e. The Morgan fingerprint density at radius 3 is 2.17 bits per heavy atom. The van der Waals surface area contributed by atoms with Crippen molar-refractivity contribution >= 4 is 11.0 Å². The van der Waals surface area contributed by atoms with Gasteiger partial charge in [0, 0.05) is 7.05 Å². The Balaban J connectivity index is 2.11. The number of para-hydroxylation sites is 2. The van der Waals surface area contributed by atoms with Crippen molar-refractivity contribution in [1.82, 2.24) is 9.55 Å². The molecule has 3 aromatic rings. The number of rotatable bonds is 5. The Bertz CT molecular complexity index is 848.